The lowest BCUT2D eigenvalue weighted by Crippen LogP contribution is -2.36. The maximum absolute atomic E-state index is 3.27. The largest absolute Gasteiger partial charge is 0.386 e. The van der Waals surface area contributed by atoms with Crippen molar-refractivity contribution in [3.63, 3.8) is 0 Å². The molecule has 46 valence electrons. The molecule has 8 heavy (non-hydrogen) atoms. The van der Waals surface area contributed by atoms with E-state index in [9.17, 15) is 0 Å². The highest BCUT2D eigenvalue weighted by Crippen LogP contribution is 2.21. The van der Waals surface area contributed by atoms with Crippen molar-refractivity contribution in [3.8, 4) is 0 Å². The smallest absolute Gasteiger partial charge is 0.0372 e. The molecule has 0 saturated heterocycles. The van der Waals surface area contributed by atoms with Crippen LogP contribution in [0, 0.1) is 5.92 Å². The zero-order chi connectivity index (χ0) is 6.20. The molecule has 0 amide bonds. The van der Waals surface area contributed by atoms with E-state index < -0.39 is 0 Å². The normalized spacial score (nSPS) is 32.6. The van der Waals surface area contributed by atoms with Gasteiger partial charge in [0.25, 0.3) is 0 Å². The molecule has 0 aromatic heterocycles. The van der Waals surface area contributed by atoms with Crippen LogP contribution in [0.2, 0.25) is 0 Å². The van der Waals surface area contributed by atoms with Gasteiger partial charge < -0.3 is 5.32 Å². The summed E-state index contributed by atoms with van der Waals surface area (Å²) in [6.07, 6.45) is 4.23. The van der Waals surface area contributed by atoms with Crippen molar-refractivity contribution >= 4 is 0 Å². The van der Waals surface area contributed by atoms with Gasteiger partial charge in [0.15, 0.2) is 0 Å². The van der Waals surface area contributed by atoms with E-state index in [1.54, 1.807) is 0 Å². The van der Waals surface area contributed by atoms with Gasteiger partial charge in [-0.1, -0.05) is 13.0 Å². The molecule has 1 nitrogen and oxygen atoms in total. The molecule has 1 heterocycles. The van der Waals surface area contributed by atoms with Crippen LogP contribution in [0.5, 0.6) is 0 Å². The molecular weight excluding hydrogens is 98.1 g/mol. The number of hydrogen-bond acceptors (Lipinski definition) is 1. The van der Waals surface area contributed by atoms with Crippen LogP contribution in [0.15, 0.2) is 12.3 Å². The van der Waals surface area contributed by atoms with Crippen LogP contribution in [-0.2, 0) is 0 Å². The van der Waals surface area contributed by atoms with Gasteiger partial charge in [-0.3, -0.25) is 0 Å². The Morgan fingerprint density at radius 3 is 2.25 bits per heavy atom. The van der Waals surface area contributed by atoms with Gasteiger partial charge in [0.1, 0.15) is 0 Å². The Balaban J connectivity index is 2.64. The summed E-state index contributed by atoms with van der Waals surface area (Å²) in [5, 5.41) is 3.27. The molecule has 0 bridgehead atoms. The SMILES string of the molecule is CC1C=CNC1(C)C. The molecule has 0 aromatic carbocycles. The van der Waals surface area contributed by atoms with Gasteiger partial charge >= 0.3 is 0 Å². The molecule has 1 atom stereocenters. The van der Waals surface area contributed by atoms with E-state index in [0.29, 0.717) is 11.5 Å². The Bertz CT molecular complexity index is 114. The highest BCUT2D eigenvalue weighted by molar-refractivity contribution is 5.06. The van der Waals surface area contributed by atoms with Crippen molar-refractivity contribution in [2.45, 2.75) is 26.3 Å². The highest BCUT2D eigenvalue weighted by Gasteiger charge is 2.25. The minimum Gasteiger partial charge on any atom is -0.386 e. The first-order chi connectivity index (χ1) is 3.63. The first-order valence-corrected chi connectivity index (χ1v) is 3.07. The van der Waals surface area contributed by atoms with Crippen LogP contribution in [0.4, 0.5) is 0 Å². The highest BCUT2D eigenvalue weighted by atomic mass is 15.0. The molecule has 0 fully saturated rings. The number of hydrogen-bond donors (Lipinski definition) is 1. The van der Waals surface area contributed by atoms with Gasteiger partial charge in [-0.15, -0.1) is 0 Å². The quantitative estimate of drug-likeness (QED) is 0.499. The molecule has 1 aliphatic rings. The third-order valence-electron chi connectivity index (χ3n) is 1.98. The lowest BCUT2D eigenvalue weighted by Gasteiger charge is -2.24. The van der Waals surface area contributed by atoms with Crippen molar-refractivity contribution in [1.29, 1.82) is 0 Å². The van der Waals surface area contributed by atoms with E-state index in [4.69, 9.17) is 0 Å². The van der Waals surface area contributed by atoms with E-state index in [1.807, 2.05) is 6.20 Å². The van der Waals surface area contributed by atoms with Crippen molar-refractivity contribution in [3.05, 3.63) is 12.3 Å². The summed E-state index contributed by atoms with van der Waals surface area (Å²) >= 11 is 0. The first-order valence-electron chi connectivity index (χ1n) is 3.07. The summed E-state index contributed by atoms with van der Waals surface area (Å²) in [5.74, 6) is 0.669. The van der Waals surface area contributed by atoms with E-state index in [-0.39, 0.29) is 0 Å². The zero-order valence-corrected chi connectivity index (χ0v) is 5.73. The Morgan fingerprint density at radius 1 is 1.50 bits per heavy atom. The fourth-order valence-electron chi connectivity index (χ4n) is 0.779. The topological polar surface area (TPSA) is 12.0 Å². The fourth-order valence-corrected chi connectivity index (χ4v) is 0.779. The molecule has 1 heteroatoms. The van der Waals surface area contributed by atoms with E-state index in [1.165, 1.54) is 0 Å². The number of nitrogens with one attached hydrogen (secondary N) is 1. The molecule has 0 radical (unpaired) electrons. The minimum absolute atomic E-state index is 0.292. The lowest BCUT2D eigenvalue weighted by molar-refractivity contribution is 0.381. The van der Waals surface area contributed by atoms with Crippen LogP contribution < -0.4 is 5.32 Å². The maximum Gasteiger partial charge on any atom is 0.0372 e. The molecule has 1 N–H and O–H groups in total. The van der Waals surface area contributed by atoms with E-state index in [0.717, 1.165) is 0 Å². The van der Waals surface area contributed by atoms with Crippen molar-refractivity contribution in [1.82, 2.24) is 5.32 Å². The second kappa shape index (κ2) is 1.51. The van der Waals surface area contributed by atoms with Gasteiger partial charge in [-0.2, -0.15) is 0 Å². The molecule has 0 saturated carbocycles. The third kappa shape index (κ3) is 0.726. The molecule has 0 spiro atoms. The van der Waals surface area contributed by atoms with E-state index >= 15 is 0 Å². The van der Waals surface area contributed by atoms with Gasteiger partial charge in [0, 0.05) is 5.54 Å². The summed E-state index contributed by atoms with van der Waals surface area (Å²) < 4.78 is 0. The lowest BCUT2D eigenvalue weighted by atomic mass is 9.92. The van der Waals surface area contributed by atoms with Gasteiger partial charge in [-0.05, 0) is 26.0 Å². The molecular formula is C7H13N. The summed E-state index contributed by atoms with van der Waals surface area (Å²) in [6, 6.07) is 0. The van der Waals surface area contributed by atoms with Gasteiger partial charge in [-0.25, -0.2) is 0 Å². The van der Waals surface area contributed by atoms with E-state index in [2.05, 4.69) is 32.2 Å². The van der Waals surface area contributed by atoms with Gasteiger partial charge in [0.2, 0.25) is 0 Å². The average molecular weight is 111 g/mol. The Kier molecular flexibility index (Phi) is 1.07. The van der Waals surface area contributed by atoms with Crippen LogP contribution >= 0.6 is 0 Å². The van der Waals surface area contributed by atoms with Crippen LogP contribution in [0.25, 0.3) is 0 Å². The Labute approximate surface area is 50.8 Å². The Hall–Kier alpha value is -0.460. The standard InChI is InChI=1S/C7H13N/c1-6-4-5-8-7(6,2)3/h4-6,8H,1-3H3. The molecule has 0 aromatic rings. The average Bonchev–Trinajstić information content (AvgIpc) is 1.86. The fraction of sp³-hybridized carbons (Fsp3) is 0.714. The second-order valence-corrected chi connectivity index (χ2v) is 3.01. The maximum atomic E-state index is 3.27. The third-order valence-corrected chi connectivity index (χ3v) is 1.98. The monoisotopic (exact) mass is 111 g/mol. The molecule has 1 rings (SSSR count). The molecule has 0 aliphatic carbocycles. The zero-order valence-electron chi connectivity index (χ0n) is 5.73. The second-order valence-electron chi connectivity index (χ2n) is 3.01. The summed E-state index contributed by atoms with van der Waals surface area (Å²) in [4.78, 5) is 0. The van der Waals surface area contributed by atoms with Gasteiger partial charge in [0.05, 0.1) is 0 Å². The van der Waals surface area contributed by atoms with Crippen molar-refractivity contribution in [2.75, 3.05) is 0 Å². The first kappa shape index (κ1) is 5.67. The van der Waals surface area contributed by atoms with Crippen molar-refractivity contribution < 1.29 is 0 Å². The molecule has 1 aliphatic heterocycles. The molecule has 1 unspecified atom stereocenters. The summed E-state index contributed by atoms with van der Waals surface area (Å²) in [7, 11) is 0. The van der Waals surface area contributed by atoms with Crippen LogP contribution in [-0.4, -0.2) is 5.54 Å². The predicted molar refractivity (Wildman–Crippen MR) is 35.5 cm³/mol. The predicted octanol–water partition coefficient (Wildman–Crippen LogP) is 1.52. The minimum atomic E-state index is 0.292. The summed E-state index contributed by atoms with van der Waals surface area (Å²) in [5.41, 5.74) is 0.292. The van der Waals surface area contributed by atoms with Crippen LogP contribution in [0.3, 0.4) is 0 Å². The Morgan fingerprint density at radius 2 is 2.12 bits per heavy atom. The van der Waals surface area contributed by atoms with Crippen molar-refractivity contribution in [2.24, 2.45) is 5.92 Å². The number of rotatable bonds is 0. The summed E-state index contributed by atoms with van der Waals surface area (Å²) in [6.45, 7) is 6.63. The van der Waals surface area contributed by atoms with Crippen LogP contribution in [0.1, 0.15) is 20.8 Å².